The molecule has 1 aliphatic rings. The van der Waals surface area contributed by atoms with Gasteiger partial charge in [-0.1, -0.05) is 35.4 Å². The minimum atomic E-state index is -0.0599. The molecule has 0 aromatic carbocycles. The third-order valence-corrected chi connectivity index (χ3v) is 6.58. The molecule has 0 aromatic rings. The summed E-state index contributed by atoms with van der Waals surface area (Å²) in [7, 11) is 0. The second kappa shape index (κ2) is 34.8. The van der Waals surface area contributed by atoms with E-state index in [1.165, 1.54) is 30.1 Å². The van der Waals surface area contributed by atoms with E-state index in [4.69, 9.17) is 52.1 Å². The fourth-order valence-corrected chi connectivity index (χ4v) is 4.13. The summed E-state index contributed by atoms with van der Waals surface area (Å²) in [5.41, 5.74) is 0. The first-order valence-corrected chi connectivity index (χ1v) is 16.9. The van der Waals surface area contributed by atoms with Gasteiger partial charge in [0.2, 0.25) is 0 Å². The molecule has 1 atom stereocenters. The van der Waals surface area contributed by atoms with E-state index in [0.717, 1.165) is 32.5 Å². The summed E-state index contributed by atoms with van der Waals surface area (Å²) >= 11 is 2.42. The Morgan fingerprint density at radius 1 is 0.415 bits per heavy atom. The molecule has 41 heavy (non-hydrogen) atoms. The number of alkyl halides is 1. The minimum Gasteiger partial charge on any atom is -0.379 e. The van der Waals surface area contributed by atoms with E-state index in [0.29, 0.717) is 119 Å². The molecule has 11 nitrogen and oxygen atoms in total. The summed E-state index contributed by atoms with van der Waals surface area (Å²) in [5.74, 6) is 0. The predicted molar refractivity (Wildman–Crippen MR) is 164 cm³/mol. The van der Waals surface area contributed by atoms with Crippen LogP contribution < -0.4 is 0 Å². The van der Waals surface area contributed by atoms with Crippen LogP contribution in [0.2, 0.25) is 0 Å². The fourth-order valence-electron chi connectivity index (χ4n) is 3.59. The molecule has 1 saturated heterocycles. The van der Waals surface area contributed by atoms with Gasteiger partial charge in [0.15, 0.2) is 6.29 Å². The highest BCUT2D eigenvalue weighted by Gasteiger charge is 2.13. The van der Waals surface area contributed by atoms with Crippen LogP contribution in [0.25, 0.3) is 0 Å². The highest BCUT2D eigenvalue weighted by Crippen LogP contribution is 2.13. The van der Waals surface area contributed by atoms with Gasteiger partial charge in [0, 0.05) is 13.2 Å². The van der Waals surface area contributed by atoms with Crippen molar-refractivity contribution in [2.24, 2.45) is 0 Å². The summed E-state index contributed by atoms with van der Waals surface area (Å²) in [4.78, 5) is 0. The van der Waals surface area contributed by atoms with Crippen LogP contribution in [0.4, 0.5) is 0 Å². The Morgan fingerprint density at radius 2 is 0.780 bits per heavy atom. The molecule has 1 fully saturated rings. The van der Waals surface area contributed by atoms with E-state index >= 15 is 0 Å². The SMILES string of the molecule is ICCCCCCOCCOCCOCCOCCOCCOCCOCCOCCOCCOC1CCCCO1. The maximum Gasteiger partial charge on any atom is 0.157 e. The lowest BCUT2D eigenvalue weighted by Crippen LogP contribution is -2.24. The zero-order chi connectivity index (χ0) is 29.2. The minimum absolute atomic E-state index is 0.0599. The zero-order valence-electron chi connectivity index (χ0n) is 25.2. The van der Waals surface area contributed by atoms with Crippen LogP contribution in [0.3, 0.4) is 0 Å². The number of unbranched alkanes of at least 4 members (excludes halogenated alkanes) is 3. The van der Waals surface area contributed by atoms with Crippen molar-refractivity contribution in [3.63, 3.8) is 0 Å². The Labute approximate surface area is 261 Å². The van der Waals surface area contributed by atoms with Crippen molar-refractivity contribution in [3.05, 3.63) is 0 Å². The molecule has 12 heteroatoms. The smallest absolute Gasteiger partial charge is 0.157 e. The molecule has 0 amide bonds. The number of hydrogen-bond acceptors (Lipinski definition) is 11. The predicted octanol–water partition coefficient (Wildman–Crippen LogP) is 3.67. The Kier molecular flexibility index (Phi) is 33.3. The zero-order valence-corrected chi connectivity index (χ0v) is 27.4. The standard InChI is InChI=1S/C29H57IO11/c30-8-4-1-2-5-9-31-11-12-32-13-14-33-15-16-34-17-18-35-19-20-36-21-22-37-23-24-38-25-26-39-27-28-41-29-7-3-6-10-40-29/h29H,1-28H2. The molecule has 1 rings (SSSR count). The lowest BCUT2D eigenvalue weighted by atomic mass is 10.2. The second-order valence-corrected chi connectivity index (χ2v) is 10.4. The molecule has 0 radical (unpaired) electrons. The van der Waals surface area contributed by atoms with E-state index in [1.807, 2.05) is 0 Å². The van der Waals surface area contributed by atoms with E-state index in [-0.39, 0.29) is 6.29 Å². The van der Waals surface area contributed by atoms with Crippen molar-refractivity contribution >= 4 is 22.6 Å². The van der Waals surface area contributed by atoms with Crippen LogP contribution in [0, 0.1) is 0 Å². The molecule has 246 valence electrons. The molecular formula is C29H57IO11. The van der Waals surface area contributed by atoms with Crippen molar-refractivity contribution < 1.29 is 52.1 Å². The monoisotopic (exact) mass is 708 g/mol. The Hall–Kier alpha value is 0.290. The van der Waals surface area contributed by atoms with E-state index in [1.54, 1.807) is 0 Å². The highest BCUT2D eigenvalue weighted by atomic mass is 127. The Morgan fingerprint density at radius 3 is 1.15 bits per heavy atom. The lowest BCUT2D eigenvalue weighted by Gasteiger charge is -2.22. The molecule has 0 aliphatic carbocycles. The summed E-state index contributed by atoms with van der Waals surface area (Å²) in [6.45, 7) is 11.5. The van der Waals surface area contributed by atoms with Gasteiger partial charge in [-0.15, -0.1) is 0 Å². The van der Waals surface area contributed by atoms with Crippen molar-refractivity contribution in [3.8, 4) is 0 Å². The van der Waals surface area contributed by atoms with Gasteiger partial charge in [-0.25, -0.2) is 0 Å². The van der Waals surface area contributed by atoms with Crippen LogP contribution in [-0.2, 0) is 52.1 Å². The van der Waals surface area contributed by atoms with E-state index in [2.05, 4.69) is 22.6 Å². The number of ether oxygens (including phenoxy) is 11. The molecular weight excluding hydrogens is 651 g/mol. The van der Waals surface area contributed by atoms with Crippen molar-refractivity contribution in [2.75, 3.05) is 137 Å². The van der Waals surface area contributed by atoms with Crippen LogP contribution in [0.1, 0.15) is 44.9 Å². The van der Waals surface area contributed by atoms with Crippen molar-refractivity contribution in [1.82, 2.24) is 0 Å². The number of hydrogen-bond donors (Lipinski definition) is 0. The summed E-state index contributed by atoms with van der Waals surface area (Å²) in [6, 6.07) is 0. The van der Waals surface area contributed by atoms with Gasteiger partial charge in [-0.2, -0.15) is 0 Å². The number of rotatable bonds is 34. The Balaban J connectivity index is 1.60. The first-order valence-electron chi connectivity index (χ1n) is 15.4. The molecule has 1 aliphatic heterocycles. The summed E-state index contributed by atoms with van der Waals surface area (Å²) < 4.78 is 61.8. The summed E-state index contributed by atoms with van der Waals surface area (Å²) in [6.07, 6.45) is 8.20. The van der Waals surface area contributed by atoms with Gasteiger partial charge in [0.05, 0.1) is 119 Å². The largest absolute Gasteiger partial charge is 0.379 e. The summed E-state index contributed by atoms with van der Waals surface area (Å²) in [5, 5.41) is 0. The third kappa shape index (κ3) is 31.5. The van der Waals surface area contributed by atoms with Gasteiger partial charge in [-0.3, -0.25) is 0 Å². The van der Waals surface area contributed by atoms with Crippen LogP contribution in [0.5, 0.6) is 0 Å². The quantitative estimate of drug-likeness (QED) is 0.0557. The van der Waals surface area contributed by atoms with Gasteiger partial charge in [0.1, 0.15) is 0 Å². The van der Waals surface area contributed by atoms with Crippen LogP contribution in [-0.4, -0.2) is 143 Å². The second-order valence-electron chi connectivity index (χ2n) is 9.28. The van der Waals surface area contributed by atoms with Crippen molar-refractivity contribution in [2.45, 2.75) is 51.2 Å². The van der Waals surface area contributed by atoms with Gasteiger partial charge < -0.3 is 52.1 Å². The maximum absolute atomic E-state index is 5.61. The first kappa shape index (κ1) is 39.3. The molecule has 0 spiro atoms. The average molecular weight is 709 g/mol. The van der Waals surface area contributed by atoms with Crippen molar-refractivity contribution in [1.29, 1.82) is 0 Å². The molecule has 1 heterocycles. The highest BCUT2D eigenvalue weighted by molar-refractivity contribution is 14.1. The molecule has 0 bridgehead atoms. The number of halogens is 1. The van der Waals surface area contributed by atoms with Crippen LogP contribution in [0.15, 0.2) is 0 Å². The third-order valence-electron chi connectivity index (χ3n) is 5.82. The normalized spacial score (nSPS) is 15.6. The van der Waals surface area contributed by atoms with Gasteiger partial charge in [-0.05, 0) is 36.5 Å². The van der Waals surface area contributed by atoms with E-state index in [9.17, 15) is 0 Å². The lowest BCUT2D eigenvalue weighted by molar-refractivity contribution is -0.169. The topological polar surface area (TPSA) is 102 Å². The van der Waals surface area contributed by atoms with Crippen LogP contribution >= 0.6 is 22.6 Å². The molecule has 1 unspecified atom stereocenters. The Bertz CT molecular complexity index is 488. The van der Waals surface area contributed by atoms with E-state index < -0.39 is 0 Å². The molecule has 0 saturated carbocycles. The molecule has 0 N–H and O–H groups in total. The first-order chi connectivity index (χ1) is 20.4. The molecule has 0 aromatic heterocycles. The fraction of sp³-hybridized carbons (Fsp3) is 1.00. The van der Waals surface area contributed by atoms with Gasteiger partial charge in [0.25, 0.3) is 0 Å². The average Bonchev–Trinajstić information content (AvgIpc) is 3.00. The van der Waals surface area contributed by atoms with Gasteiger partial charge >= 0.3 is 0 Å². The maximum atomic E-state index is 5.61.